The molecule has 2 heterocycles. The van der Waals surface area contributed by atoms with Crippen LogP contribution in [0.25, 0.3) is 0 Å². The second-order valence-electron chi connectivity index (χ2n) is 6.41. The van der Waals surface area contributed by atoms with Crippen LogP contribution in [0.3, 0.4) is 0 Å². The third-order valence-corrected chi connectivity index (χ3v) is 5.31. The monoisotopic (exact) mass is 437 g/mol. The van der Waals surface area contributed by atoms with Gasteiger partial charge in [0.2, 0.25) is 5.91 Å². The number of carbonyl (C=O) groups excluding carboxylic acids is 1. The SMILES string of the molecule is Cc1cnc2n(c1=O)C(CC(=O)Nc1cc(C(F)(F)F)cc(C(F)(F)F)c1)CS2. The molecule has 0 saturated heterocycles. The lowest BCUT2D eigenvalue weighted by Gasteiger charge is -2.16. The Morgan fingerprint density at radius 2 is 1.76 bits per heavy atom. The number of hydrogen-bond donors (Lipinski definition) is 1. The first-order valence-electron chi connectivity index (χ1n) is 8.16. The van der Waals surface area contributed by atoms with Crippen molar-refractivity contribution in [3.8, 4) is 0 Å². The Bertz CT molecular complexity index is 983. The number of thioether (sulfide) groups is 1. The first kappa shape index (κ1) is 21.2. The predicted octanol–water partition coefficient (Wildman–Crippen LogP) is 4.26. The minimum atomic E-state index is -5.02. The van der Waals surface area contributed by atoms with Crippen molar-refractivity contribution in [1.29, 1.82) is 0 Å². The van der Waals surface area contributed by atoms with Gasteiger partial charge in [-0.15, -0.1) is 0 Å². The summed E-state index contributed by atoms with van der Waals surface area (Å²) in [7, 11) is 0. The zero-order valence-electron chi connectivity index (χ0n) is 14.7. The molecule has 0 spiro atoms. The van der Waals surface area contributed by atoms with Crippen LogP contribution in [0.2, 0.25) is 0 Å². The Morgan fingerprint density at radius 1 is 1.17 bits per heavy atom. The number of rotatable bonds is 3. The number of aromatic nitrogens is 2. The van der Waals surface area contributed by atoms with Gasteiger partial charge in [-0.2, -0.15) is 26.3 Å². The average Bonchev–Trinajstić information content (AvgIpc) is 2.99. The van der Waals surface area contributed by atoms with Gasteiger partial charge in [0.15, 0.2) is 5.16 Å². The molecule has 2 aromatic rings. The summed E-state index contributed by atoms with van der Waals surface area (Å²) in [4.78, 5) is 28.6. The molecule has 1 aromatic heterocycles. The van der Waals surface area contributed by atoms with Gasteiger partial charge in [-0.05, 0) is 25.1 Å². The highest BCUT2D eigenvalue weighted by Gasteiger charge is 2.37. The fraction of sp³-hybridized carbons (Fsp3) is 0.353. The minimum Gasteiger partial charge on any atom is -0.326 e. The number of amides is 1. The maximum Gasteiger partial charge on any atom is 0.416 e. The van der Waals surface area contributed by atoms with E-state index in [1.165, 1.54) is 22.5 Å². The third kappa shape index (κ3) is 4.57. The van der Waals surface area contributed by atoms with E-state index in [2.05, 4.69) is 10.3 Å². The molecule has 3 rings (SSSR count). The van der Waals surface area contributed by atoms with Gasteiger partial charge in [0.1, 0.15) is 0 Å². The number of halogens is 6. The number of carbonyl (C=O) groups is 1. The van der Waals surface area contributed by atoms with Gasteiger partial charge in [0.05, 0.1) is 17.2 Å². The van der Waals surface area contributed by atoms with Crippen LogP contribution in [0.5, 0.6) is 0 Å². The van der Waals surface area contributed by atoms with Gasteiger partial charge in [-0.1, -0.05) is 11.8 Å². The van der Waals surface area contributed by atoms with Crippen LogP contribution in [0, 0.1) is 6.92 Å². The highest BCUT2D eigenvalue weighted by Crippen LogP contribution is 2.38. The number of nitrogens with one attached hydrogen (secondary N) is 1. The van der Waals surface area contributed by atoms with Crippen LogP contribution < -0.4 is 10.9 Å². The van der Waals surface area contributed by atoms with Crippen molar-refractivity contribution in [2.24, 2.45) is 0 Å². The molecule has 1 atom stereocenters. The Balaban J connectivity index is 1.84. The molecule has 156 valence electrons. The van der Waals surface area contributed by atoms with Crippen molar-refractivity contribution in [3.63, 3.8) is 0 Å². The van der Waals surface area contributed by atoms with E-state index in [1.54, 1.807) is 6.92 Å². The van der Waals surface area contributed by atoms with Crippen molar-refractivity contribution in [2.45, 2.75) is 36.9 Å². The zero-order chi connectivity index (χ0) is 21.6. The molecule has 0 radical (unpaired) electrons. The van der Waals surface area contributed by atoms with Gasteiger partial charge in [-0.25, -0.2) is 4.98 Å². The van der Waals surface area contributed by atoms with E-state index in [4.69, 9.17) is 0 Å². The molecule has 1 N–H and O–H groups in total. The maximum atomic E-state index is 12.9. The second-order valence-corrected chi connectivity index (χ2v) is 7.40. The number of hydrogen-bond acceptors (Lipinski definition) is 4. The fourth-order valence-corrected chi connectivity index (χ4v) is 3.93. The molecule has 1 aliphatic heterocycles. The molecule has 1 amide bonds. The van der Waals surface area contributed by atoms with E-state index >= 15 is 0 Å². The van der Waals surface area contributed by atoms with Crippen LogP contribution in [-0.2, 0) is 17.1 Å². The second kappa shape index (κ2) is 7.39. The lowest BCUT2D eigenvalue weighted by Crippen LogP contribution is -2.28. The van der Waals surface area contributed by atoms with Gasteiger partial charge < -0.3 is 5.32 Å². The number of anilines is 1. The number of aryl methyl sites for hydroxylation is 1. The average molecular weight is 437 g/mol. The van der Waals surface area contributed by atoms with Crippen LogP contribution in [-0.4, -0.2) is 21.2 Å². The summed E-state index contributed by atoms with van der Waals surface area (Å²) in [5.74, 6) is -0.487. The lowest BCUT2D eigenvalue weighted by atomic mass is 10.1. The van der Waals surface area contributed by atoms with Crippen molar-refractivity contribution >= 4 is 23.4 Å². The highest BCUT2D eigenvalue weighted by atomic mass is 32.2. The van der Waals surface area contributed by atoms with E-state index in [-0.39, 0.29) is 18.0 Å². The largest absolute Gasteiger partial charge is 0.416 e. The summed E-state index contributed by atoms with van der Waals surface area (Å²) >= 11 is 1.23. The highest BCUT2D eigenvalue weighted by molar-refractivity contribution is 7.99. The lowest BCUT2D eigenvalue weighted by molar-refractivity contribution is -0.143. The molecular formula is C17H13F6N3O2S. The predicted molar refractivity (Wildman–Crippen MR) is 92.7 cm³/mol. The smallest absolute Gasteiger partial charge is 0.326 e. The summed E-state index contributed by atoms with van der Waals surface area (Å²) in [6.45, 7) is 1.55. The van der Waals surface area contributed by atoms with Gasteiger partial charge in [0.25, 0.3) is 5.56 Å². The molecule has 1 unspecified atom stereocenters. The molecule has 0 aliphatic carbocycles. The van der Waals surface area contributed by atoms with Gasteiger partial charge in [0, 0.05) is 29.6 Å². The minimum absolute atomic E-state index is 0.0203. The number of benzene rings is 1. The first-order chi connectivity index (χ1) is 13.4. The van der Waals surface area contributed by atoms with Crippen LogP contribution in [0.15, 0.2) is 34.3 Å². The fourth-order valence-electron chi connectivity index (χ4n) is 2.82. The maximum absolute atomic E-state index is 12.9. The van der Waals surface area contributed by atoms with E-state index in [0.29, 0.717) is 28.6 Å². The number of fused-ring (bicyclic) bond motifs is 1. The van der Waals surface area contributed by atoms with Gasteiger partial charge >= 0.3 is 12.4 Å². The molecule has 0 bridgehead atoms. The van der Waals surface area contributed by atoms with E-state index < -0.39 is 41.1 Å². The standard InChI is InChI=1S/C17H13F6N3O2S/c1-8-6-24-15-26(14(8)28)12(7-29-15)5-13(27)25-11-3-9(16(18,19)20)2-10(4-11)17(21,22)23/h2-4,6,12H,5,7H2,1H3,(H,25,27). The quantitative estimate of drug-likeness (QED) is 0.576. The van der Waals surface area contributed by atoms with Crippen molar-refractivity contribution in [3.05, 3.63) is 51.4 Å². The molecule has 1 aromatic carbocycles. The van der Waals surface area contributed by atoms with Gasteiger partial charge in [-0.3, -0.25) is 14.2 Å². The van der Waals surface area contributed by atoms with Crippen molar-refractivity contribution < 1.29 is 31.1 Å². The van der Waals surface area contributed by atoms with Crippen molar-refractivity contribution in [2.75, 3.05) is 11.1 Å². The molecule has 1 aliphatic rings. The number of nitrogens with zero attached hydrogens (tertiary/aromatic N) is 2. The first-order valence-corrected chi connectivity index (χ1v) is 9.15. The summed E-state index contributed by atoms with van der Waals surface area (Å²) in [5, 5.41) is 2.47. The van der Waals surface area contributed by atoms with E-state index in [0.717, 1.165) is 0 Å². The van der Waals surface area contributed by atoms with Crippen LogP contribution in [0.4, 0.5) is 32.0 Å². The molecule has 12 heteroatoms. The molecule has 0 saturated carbocycles. The van der Waals surface area contributed by atoms with E-state index in [9.17, 15) is 35.9 Å². The Hall–Kier alpha value is -2.50. The topological polar surface area (TPSA) is 64.0 Å². The summed E-state index contributed by atoms with van der Waals surface area (Å²) < 4.78 is 78.8. The van der Waals surface area contributed by atoms with E-state index in [1.807, 2.05) is 0 Å². The summed E-state index contributed by atoms with van der Waals surface area (Å²) in [5.41, 5.74) is -3.68. The van der Waals surface area contributed by atoms with Crippen LogP contribution >= 0.6 is 11.8 Å². The zero-order valence-corrected chi connectivity index (χ0v) is 15.5. The molecular weight excluding hydrogens is 424 g/mol. The summed E-state index contributed by atoms with van der Waals surface area (Å²) in [6, 6.07) is 0.237. The Labute approximate surface area is 164 Å². The van der Waals surface area contributed by atoms with Crippen LogP contribution in [0.1, 0.15) is 29.2 Å². The molecule has 29 heavy (non-hydrogen) atoms. The number of alkyl halides is 6. The molecule has 5 nitrogen and oxygen atoms in total. The Kier molecular flexibility index (Phi) is 5.41. The normalized spacial score (nSPS) is 16.6. The molecule has 0 fully saturated rings. The Morgan fingerprint density at radius 3 is 2.31 bits per heavy atom. The summed E-state index contributed by atoms with van der Waals surface area (Å²) in [6.07, 6.45) is -8.94. The van der Waals surface area contributed by atoms with Crippen molar-refractivity contribution in [1.82, 2.24) is 9.55 Å². The third-order valence-electron chi connectivity index (χ3n) is 4.19.